The molecule has 6 N–H and O–H groups in total. The SMILES string of the molecule is C1=CC[N-]C(C2CCCC(C3CCCC[N-]3)[N-]2)=C1.NC1=NC2C(N=CN2C2OC(CO)C(O)C2O)C(=O)N1.[Pt+2]. The van der Waals surface area contributed by atoms with Crippen LogP contribution in [0.2, 0.25) is 0 Å². The summed E-state index contributed by atoms with van der Waals surface area (Å²) < 4.78 is 5.38. The van der Waals surface area contributed by atoms with Gasteiger partial charge in [-0.2, -0.15) is 17.8 Å². The molecule has 6 rings (SSSR count). The molecule has 6 aliphatic rings. The average Bonchev–Trinajstić information content (AvgIpc) is 3.50. The number of amides is 1. The Labute approximate surface area is 242 Å². The second kappa shape index (κ2) is 13.7. The van der Waals surface area contributed by atoms with Gasteiger partial charge in [-0.1, -0.05) is 50.7 Å². The number of guanidine groups is 1. The molecule has 218 valence electrons. The van der Waals surface area contributed by atoms with E-state index < -0.39 is 49.3 Å². The van der Waals surface area contributed by atoms with Gasteiger partial charge < -0.3 is 46.6 Å². The summed E-state index contributed by atoms with van der Waals surface area (Å²) in [4.78, 5) is 21.2. The summed E-state index contributed by atoms with van der Waals surface area (Å²) in [6.07, 6.45) is 10.2. The van der Waals surface area contributed by atoms with Crippen molar-refractivity contribution in [1.82, 2.24) is 10.2 Å². The van der Waals surface area contributed by atoms with Crippen LogP contribution in [0.1, 0.15) is 38.5 Å². The molecular weight excluding hydrogens is 687 g/mol. The Balaban J connectivity index is 0.000000177. The fourth-order valence-electron chi connectivity index (χ4n) is 5.71. The number of nitrogens with zero attached hydrogens (tertiary/aromatic N) is 6. The molecule has 14 heteroatoms. The normalized spacial score (nSPS) is 39.3. The first kappa shape index (κ1) is 30.1. The molecule has 9 atom stereocenters. The molecule has 13 nitrogen and oxygen atoms in total. The first-order chi connectivity index (χ1) is 18.5. The fraction of sp³-hybridized carbons (Fsp3) is 0.720. The van der Waals surface area contributed by atoms with E-state index in [2.05, 4.69) is 38.8 Å². The number of rotatable bonds is 4. The first-order valence-corrected chi connectivity index (χ1v) is 13.4. The Morgan fingerprint density at radius 1 is 1.15 bits per heavy atom. The van der Waals surface area contributed by atoms with Crippen LogP contribution >= 0.6 is 0 Å². The van der Waals surface area contributed by atoms with Crippen LogP contribution in [0.5, 0.6) is 0 Å². The maximum atomic E-state index is 11.7. The number of hydrogen-bond acceptors (Lipinski definition) is 9. The predicted molar refractivity (Wildman–Crippen MR) is 142 cm³/mol. The molecule has 1 amide bonds. The van der Waals surface area contributed by atoms with Gasteiger partial charge in [0.2, 0.25) is 0 Å². The quantitative estimate of drug-likeness (QED) is 0.268. The van der Waals surface area contributed by atoms with Gasteiger partial charge in [-0.15, -0.1) is 25.2 Å². The molecule has 3 fully saturated rings. The number of aliphatic imine (C=N–C) groups is 2. The Kier molecular flexibility index (Phi) is 10.5. The summed E-state index contributed by atoms with van der Waals surface area (Å²) in [6.45, 7) is 1.45. The number of ether oxygens (including phenoxy) is 1. The van der Waals surface area contributed by atoms with Crippen molar-refractivity contribution in [1.29, 1.82) is 0 Å². The zero-order valence-electron chi connectivity index (χ0n) is 21.6. The number of piperidine rings is 2. The summed E-state index contributed by atoms with van der Waals surface area (Å²) in [5.41, 5.74) is 6.69. The van der Waals surface area contributed by atoms with E-state index in [4.69, 9.17) is 26.2 Å². The smallest absolute Gasteiger partial charge is 0.686 e. The Morgan fingerprint density at radius 3 is 2.67 bits per heavy atom. The van der Waals surface area contributed by atoms with E-state index in [0.717, 1.165) is 13.1 Å². The van der Waals surface area contributed by atoms with Crippen LogP contribution in [-0.2, 0) is 30.6 Å². The van der Waals surface area contributed by atoms with Crippen LogP contribution in [0.15, 0.2) is 33.9 Å². The van der Waals surface area contributed by atoms with Gasteiger partial charge in [0.1, 0.15) is 18.3 Å². The number of nitrogens with two attached hydrogens (primary N) is 1. The van der Waals surface area contributed by atoms with E-state index >= 15 is 0 Å². The summed E-state index contributed by atoms with van der Waals surface area (Å²) in [5, 5.41) is 45.5. The maximum Gasteiger partial charge on any atom is 2.00 e. The molecule has 6 aliphatic heterocycles. The molecule has 0 bridgehead atoms. The molecule has 0 radical (unpaired) electrons. The average molecular weight is 725 g/mol. The molecule has 0 aromatic carbocycles. The zero-order chi connectivity index (χ0) is 26.6. The third-order valence-electron chi connectivity index (χ3n) is 7.74. The van der Waals surface area contributed by atoms with E-state index in [1.165, 1.54) is 55.5 Å². The van der Waals surface area contributed by atoms with Gasteiger partial charge in [0.25, 0.3) is 5.91 Å². The van der Waals surface area contributed by atoms with Crippen molar-refractivity contribution in [3.63, 3.8) is 0 Å². The van der Waals surface area contributed by atoms with Crippen molar-refractivity contribution in [3.05, 3.63) is 39.9 Å². The molecule has 39 heavy (non-hydrogen) atoms. The van der Waals surface area contributed by atoms with E-state index in [1.54, 1.807) is 0 Å². The van der Waals surface area contributed by atoms with Crippen molar-refractivity contribution < 1.29 is 45.9 Å². The standard InChI is InChI=1S/C15H22N3.C10H15N5O5.Pt/c1-3-10-16-12(6-1)14-8-5-9-15(18-14)13-7-2-4-11-17-13;11-10-13-7-4(8(19)14-10)12-2-15(7)9-6(18)5(17)3(1-16)20-9;/h1,3,6,13-15H,2,4-5,7-11H2;2-7,9,16-18H,1H2,(H3,11,13,14,19);/q-3;;+2. The van der Waals surface area contributed by atoms with E-state index in [-0.39, 0.29) is 27.0 Å². The number of hydrogen-bond donors (Lipinski definition) is 5. The number of carbonyl (C=O) groups is 1. The van der Waals surface area contributed by atoms with Crippen molar-refractivity contribution in [2.75, 3.05) is 19.7 Å². The second-order valence-corrected chi connectivity index (χ2v) is 10.3. The van der Waals surface area contributed by atoms with Crippen LogP contribution in [0, 0.1) is 0 Å². The molecule has 3 saturated heterocycles. The Bertz CT molecular complexity index is 974. The monoisotopic (exact) mass is 724 g/mol. The number of nitrogens with one attached hydrogen (secondary N) is 1. The van der Waals surface area contributed by atoms with Crippen LogP contribution in [0.25, 0.3) is 16.0 Å². The van der Waals surface area contributed by atoms with E-state index in [9.17, 15) is 15.0 Å². The minimum atomic E-state index is -1.25. The third kappa shape index (κ3) is 6.72. The molecule has 9 unspecified atom stereocenters. The number of fused-ring (bicyclic) bond motifs is 1. The number of aliphatic hydroxyl groups is 3. The van der Waals surface area contributed by atoms with Gasteiger partial charge in [-0.25, -0.2) is 4.99 Å². The fourth-order valence-corrected chi connectivity index (χ4v) is 5.71. The summed E-state index contributed by atoms with van der Waals surface area (Å²) >= 11 is 0. The van der Waals surface area contributed by atoms with Crippen LogP contribution in [0.4, 0.5) is 0 Å². The molecule has 0 aromatic rings. The van der Waals surface area contributed by atoms with Crippen LogP contribution in [0.3, 0.4) is 0 Å². The van der Waals surface area contributed by atoms with Gasteiger partial charge in [-0.05, 0) is 0 Å². The Morgan fingerprint density at radius 2 is 1.97 bits per heavy atom. The predicted octanol–water partition coefficient (Wildman–Crippen LogP) is -0.0592. The summed E-state index contributed by atoms with van der Waals surface area (Å²) in [5.74, 6) is -0.438. The molecule has 6 heterocycles. The van der Waals surface area contributed by atoms with Gasteiger partial charge >= 0.3 is 21.1 Å². The topological polar surface area (TPSA) is 195 Å². The minimum Gasteiger partial charge on any atom is -0.686 e. The Hall–Kier alpha value is -1.86. The van der Waals surface area contributed by atoms with Crippen molar-refractivity contribution >= 4 is 18.2 Å². The number of aliphatic hydroxyl groups excluding tert-OH is 3. The molecule has 0 spiro atoms. The third-order valence-corrected chi connectivity index (χ3v) is 7.74. The minimum absolute atomic E-state index is 0. The van der Waals surface area contributed by atoms with Crippen molar-refractivity contribution in [2.24, 2.45) is 15.7 Å². The molecule has 0 aliphatic carbocycles. The van der Waals surface area contributed by atoms with Crippen molar-refractivity contribution in [2.45, 2.75) is 93.4 Å². The van der Waals surface area contributed by atoms with Crippen molar-refractivity contribution in [3.8, 4) is 0 Å². The largest absolute Gasteiger partial charge is 2.00 e. The van der Waals surface area contributed by atoms with Gasteiger partial charge in [0, 0.05) is 0 Å². The van der Waals surface area contributed by atoms with Crippen LogP contribution < -0.4 is 11.1 Å². The maximum absolute atomic E-state index is 11.7. The molecule has 0 saturated carbocycles. The number of allylic oxidation sites excluding steroid dienone is 2. The first-order valence-electron chi connectivity index (χ1n) is 13.4. The van der Waals surface area contributed by atoms with E-state index in [0.29, 0.717) is 18.1 Å². The van der Waals surface area contributed by atoms with Gasteiger partial charge in [0.05, 0.1) is 12.9 Å². The molecule has 0 aromatic heterocycles. The van der Waals surface area contributed by atoms with Gasteiger partial charge in [0.15, 0.2) is 24.4 Å². The second-order valence-electron chi connectivity index (χ2n) is 10.3. The number of carbonyl (C=O) groups excluding carboxylic acids is 1. The molecular formula is C25H37N8O5Pt-. The summed E-state index contributed by atoms with van der Waals surface area (Å²) in [6, 6.07) is 0.529. The zero-order valence-corrected chi connectivity index (χ0v) is 23.9. The van der Waals surface area contributed by atoms with E-state index in [1.807, 2.05) is 0 Å². The summed E-state index contributed by atoms with van der Waals surface area (Å²) in [7, 11) is 0. The van der Waals surface area contributed by atoms with Gasteiger partial charge in [-0.3, -0.25) is 15.1 Å². The van der Waals surface area contributed by atoms with Crippen LogP contribution in [-0.4, -0.2) is 113 Å².